The van der Waals surface area contributed by atoms with Crippen molar-refractivity contribution in [3.63, 3.8) is 0 Å². The fourth-order valence-electron chi connectivity index (χ4n) is 2.69. The monoisotopic (exact) mass is 270 g/mol. The van der Waals surface area contributed by atoms with Gasteiger partial charge in [0.2, 0.25) is 5.91 Å². The fourth-order valence-corrected chi connectivity index (χ4v) is 2.69. The molecule has 0 aromatic rings. The third kappa shape index (κ3) is 6.92. The number of nitrogens with zero attached hydrogens (tertiary/aromatic N) is 1. The number of aliphatic hydroxyl groups excluding tert-OH is 1. The highest BCUT2D eigenvalue weighted by Gasteiger charge is 2.22. The molecule has 0 aliphatic carbocycles. The maximum Gasteiger partial charge on any atom is 0.234 e. The zero-order valence-corrected chi connectivity index (χ0v) is 12.9. The first-order valence-electron chi connectivity index (χ1n) is 7.45. The van der Waals surface area contributed by atoms with Crippen molar-refractivity contribution in [1.29, 1.82) is 0 Å². The Labute approximate surface area is 117 Å². The lowest BCUT2D eigenvalue weighted by Gasteiger charge is -2.30. The summed E-state index contributed by atoms with van der Waals surface area (Å²) < 4.78 is 0. The van der Waals surface area contributed by atoms with Gasteiger partial charge in [-0.25, -0.2) is 0 Å². The van der Waals surface area contributed by atoms with Crippen LogP contribution in [0.25, 0.3) is 0 Å². The normalized spacial score (nSPS) is 20.3. The number of likely N-dealkylation sites (tertiary alicyclic amines) is 1. The van der Waals surface area contributed by atoms with Crippen LogP contribution >= 0.6 is 0 Å². The van der Waals surface area contributed by atoms with Gasteiger partial charge < -0.3 is 10.4 Å². The van der Waals surface area contributed by atoms with Crippen molar-refractivity contribution >= 4 is 5.91 Å². The van der Waals surface area contributed by atoms with Crippen molar-refractivity contribution < 1.29 is 9.90 Å². The van der Waals surface area contributed by atoms with Gasteiger partial charge in [0.25, 0.3) is 0 Å². The van der Waals surface area contributed by atoms with E-state index in [4.69, 9.17) is 0 Å². The molecule has 1 heterocycles. The number of carbonyl (C=O) groups excluding carboxylic acids is 1. The summed E-state index contributed by atoms with van der Waals surface area (Å²) in [5.41, 5.74) is -0.0553. The summed E-state index contributed by atoms with van der Waals surface area (Å²) in [5.74, 6) is 0.900. The molecule has 4 nitrogen and oxygen atoms in total. The average Bonchev–Trinajstić information content (AvgIpc) is 2.28. The third-order valence-electron chi connectivity index (χ3n) is 3.86. The van der Waals surface area contributed by atoms with Crippen LogP contribution in [0.3, 0.4) is 0 Å². The lowest BCUT2D eigenvalue weighted by Crippen LogP contribution is -2.43. The van der Waals surface area contributed by atoms with Crippen LogP contribution in [0.15, 0.2) is 0 Å². The molecule has 1 rings (SSSR count). The molecule has 0 aromatic heterocycles. The van der Waals surface area contributed by atoms with Crippen molar-refractivity contribution in [1.82, 2.24) is 10.2 Å². The number of carbonyl (C=O) groups is 1. The van der Waals surface area contributed by atoms with Crippen LogP contribution < -0.4 is 5.32 Å². The van der Waals surface area contributed by atoms with Crippen molar-refractivity contribution in [3.8, 4) is 0 Å². The van der Waals surface area contributed by atoms with Gasteiger partial charge in [0, 0.05) is 6.54 Å². The standard InChI is InChI=1S/C15H30N2O2/c1-12-5-7-17(8-6-12)10-14(19)16-11-15(3,4)9-13(2)18/h12-13,18H,5-11H2,1-4H3,(H,16,19). The average molecular weight is 270 g/mol. The Morgan fingerprint density at radius 1 is 1.42 bits per heavy atom. The second kappa shape index (κ2) is 7.25. The molecule has 112 valence electrons. The van der Waals surface area contributed by atoms with Gasteiger partial charge in [-0.1, -0.05) is 20.8 Å². The minimum atomic E-state index is -0.324. The third-order valence-corrected chi connectivity index (χ3v) is 3.86. The minimum Gasteiger partial charge on any atom is -0.393 e. The molecule has 1 unspecified atom stereocenters. The summed E-state index contributed by atoms with van der Waals surface area (Å²) in [6.45, 7) is 11.4. The van der Waals surface area contributed by atoms with E-state index in [0.717, 1.165) is 19.0 Å². The summed E-state index contributed by atoms with van der Waals surface area (Å²) in [6, 6.07) is 0. The number of piperidine rings is 1. The van der Waals surface area contributed by atoms with Crippen LogP contribution in [-0.2, 0) is 4.79 Å². The van der Waals surface area contributed by atoms with E-state index in [0.29, 0.717) is 19.5 Å². The number of aliphatic hydroxyl groups is 1. The molecular formula is C15H30N2O2. The van der Waals surface area contributed by atoms with Crippen LogP contribution in [0, 0.1) is 11.3 Å². The summed E-state index contributed by atoms with van der Waals surface area (Å²) in [4.78, 5) is 14.1. The van der Waals surface area contributed by atoms with E-state index < -0.39 is 0 Å². The molecule has 19 heavy (non-hydrogen) atoms. The van der Waals surface area contributed by atoms with Crippen LogP contribution in [0.2, 0.25) is 0 Å². The molecular weight excluding hydrogens is 240 g/mol. The number of hydrogen-bond acceptors (Lipinski definition) is 3. The molecule has 1 aliphatic rings. The molecule has 0 saturated carbocycles. The summed E-state index contributed by atoms with van der Waals surface area (Å²) in [6.07, 6.45) is 2.77. The minimum absolute atomic E-state index is 0.0553. The molecule has 2 N–H and O–H groups in total. The Morgan fingerprint density at radius 3 is 2.53 bits per heavy atom. The van der Waals surface area contributed by atoms with E-state index >= 15 is 0 Å². The number of hydrogen-bond donors (Lipinski definition) is 2. The van der Waals surface area contributed by atoms with Gasteiger partial charge in [-0.3, -0.25) is 9.69 Å². The van der Waals surface area contributed by atoms with Gasteiger partial charge in [-0.15, -0.1) is 0 Å². The van der Waals surface area contributed by atoms with Crippen molar-refractivity contribution in [2.75, 3.05) is 26.2 Å². The number of nitrogens with one attached hydrogen (secondary N) is 1. The molecule has 1 saturated heterocycles. The van der Waals surface area contributed by atoms with Crippen LogP contribution in [0.1, 0.15) is 47.0 Å². The smallest absolute Gasteiger partial charge is 0.234 e. The van der Waals surface area contributed by atoms with Gasteiger partial charge in [-0.05, 0) is 50.6 Å². The Kier molecular flexibility index (Phi) is 6.27. The first-order chi connectivity index (χ1) is 8.78. The second-order valence-corrected chi connectivity index (χ2v) is 6.95. The molecule has 1 amide bonds. The van der Waals surface area contributed by atoms with Crippen LogP contribution in [0.5, 0.6) is 0 Å². The highest BCUT2D eigenvalue weighted by molar-refractivity contribution is 5.78. The first-order valence-corrected chi connectivity index (χ1v) is 7.45. The van der Waals surface area contributed by atoms with Gasteiger partial charge in [0.05, 0.1) is 12.6 Å². The predicted molar refractivity (Wildman–Crippen MR) is 77.9 cm³/mol. The van der Waals surface area contributed by atoms with E-state index in [9.17, 15) is 9.90 Å². The summed E-state index contributed by atoms with van der Waals surface area (Å²) in [7, 11) is 0. The highest BCUT2D eigenvalue weighted by atomic mass is 16.3. The summed E-state index contributed by atoms with van der Waals surface area (Å²) in [5, 5.41) is 12.4. The van der Waals surface area contributed by atoms with E-state index in [1.807, 2.05) is 0 Å². The van der Waals surface area contributed by atoms with E-state index in [1.165, 1.54) is 12.8 Å². The molecule has 0 bridgehead atoms. The van der Waals surface area contributed by atoms with Gasteiger partial charge >= 0.3 is 0 Å². The van der Waals surface area contributed by atoms with Crippen molar-refractivity contribution in [2.45, 2.75) is 53.1 Å². The predicted octanol–water partition coefficient (Wildman–Crippen LogP) is 1.63. The fraction of sp³-hybridized carbons (Fsp3) is 0.933. The lowest BCUT2D eigenvalue weighted by molar-refractivity contribution is -0.123. The Bertz CT molecular complexity index is 282. The van der Waals surface area contributed by atoms with Gasteiger partial charge in [0.15, 0.2) is 0 Å². The Hall–Kier alpha value is -0.610. The van der Waals surface area contributed by atoms with Crippen molar-refractivity contribution in [2.24, 2.45) is 11.3 Å². The van der Waals surface area contributed by atoms with E-state index in [2.05, 4.69) is 31.0 Å². The second-order valence-electron chi connectivity index (χ2n) is 6.95. The molecule has 4 heteroatoms. The molecule has 1 atom stereocenters. The highest BCUT2D eigenvalue weighted by Crippen LogP contribution is 2.21. The van der Waals surface area contributed by atoms with E-state index in [1.54, 1.807) is 6.92 Å². The van der Waals surface area contributed by atoms with Crippen molar-refractivity contribution in [3.05, 3.63) is 0 Å². The topological polar surface area (TPSA) is 52.6 Å². The maximum atomic E-state index is 11.9. The SMILES string of the molecule is CC(O)CC(C)(C)CNC(=O)CN1CCC(C)CC1. The number of rotatable bonds is 6. The summed E-state index contributed by atoms with van der Waals surface area (Å²) >= 11 is 0. The van der Waals surface area contributed by atoms with Gasteiger partial charge in [0.1, 0.15) is 0 Å². The molecule has 0 aromatic carbocycles. The zero-order chi connectivity index (χ0) is 14.5. The quantitative estimate of drug-likeness (QED) is 0.771. The maximum absolute atomic E-state index is 11.9. The molecule has 1 fully saturated rings. The van der Waals surface area contributed by atoms with Crippen LogP contribution in [0.4, 0.5) is 0 Å². The molecule has 0 spiro atoms. The lowest BCUT2D eigenvalue weighted by atomic mass is 9.87. The Balaban J connectivity index is 2.24. The Morgan fingerprint density at radius 2 is 2.00 bits per heavy atom. The molecule has 0 radical (unpaired) electrons. The molecule has 1 aliphatic heterocycles. The largest absolute Gasteiger partial charge is 0.393 e. The van der Waals surface area contributed by atoms with Gasteiger partial charge in [-0.2, -0.15) is 0 Å². The van der Waals surface area contributed by atoms with E-state index in [-0.39, 0.29) is 17.4 Å². The first kappa shape index (κ1) is 16.4. The van der Waals surface area contributed by atoms with Crippen LogP contribution in [-0.4, -0.2) is 48.2 Å². The zero-order valence-electron chi connectivity index (χ0n) is 12.9. The number of amides is 1.